The summed E-state index contributed by atoms with van der Waals surface area (Å²) in [7, 11) is 0. The Balaban J connectivity index is 0.000000563. The number of hydrogen-bond acceptors (Lipinski definition) is 1. The maximum atomic E-state index is 5.93. The highest BCUT2D eigenvalue weighted by molar-refractivity contribution is 5.85. The van der Waals surface area contributed by atoms with E-state index in [9.17, 15) is 0 Å². The van der Waals surface area contributed by atoms with Crippen LogP contribution in [0.25, 0.3) is 0 Å². The van der Waals surface area contributed by atoms with Gasteiger partial charge in [-0.1, -0.05) is 0 Å². The summed E-state index contributed by atoms with van der Waals surface area (Å²) in [5.41, 5.74) is 6.80. The van der Waals surface area contributed by atoms with Crippen LogP contribution in [0.5, 0.6) is 0 Å². The largest absolute Gasteiger partial charge is 0.328 e. The minimum absolute atomic E-state index is 0. The molecule has 1 spiro atoms. The Kier molecular flexibility index (Phi) is 1.93. The highest BCUT2D eigenvalue weighted by atomic mass is 35.5. The second kappa shape index (κ2) is 2.62. The van der Waals surface area contributed by atoms with E-state index in [2.05, 4.69) is 0 Å². The molecule has 3 saturated carbocycles. The number of nitrogens with two attached hydrogens (primary N) is 1. The van der Waals surface area contributed by atoms with Crippen molar-refractivity contribution < 1.29 is 0 Å². The molecule has 0 aliphatic heterocycles. The van der Waals surface area contributed by atoms with E-state index in [0.717, 1.165) is 17.3 Å². The molecule has 0 aromatic carbocycles. The minimum Gasteiger partial charge on any atom is -0.328 e. The van der Waals surface area contributed by atoms with Crippen LogP contribution >= 0.6 is 12.4 Å². The van der Waals surface area contributed by atoms with Crippen molar-refractivity contribution >= 4 is 12.4 Å². The smallest absolute Gasteiger partial charge is 0.00443 e. The first kappa shape index (κ1) is 8.83. The summed E-state index contributed by atoms with van der Waals surface area (Å²) >= 11 is 0. The van der Waals surface area contributed by atoms with Crippen molar-refractivity contribution in [3.05, 3.63) is 0 Å². The van der Waals surface area contributed by atoms with E-state index in [0.29, 0.717) is 6.04 Å². The van der Waals surface area contributed by atoms with E-state index < -0.39 is 0 Å². The molecule has 70 valence electrons. The van der Waals surface area contributed by atoms with E-state index in [1.165, 1.54) is 38.5 Å². The predicted octanol–water partition coefficient (Wildman–Crippen LogP) is 2.34. The Bertz CT molecular complexity index is 172. The summed E-state index contributed by atoms with van der Waals surface area (Å²) in [5, 5.41) is 0. The van der Waals surface area contributed by atoms with Gasteiger partial charge in [0.25, 0.3) is 0 Å². The summed E-state index contributed by atoms with van der Waals surface area (Å²) in [6, 6.07) is 0.557. The average molecular weight is 188 g/mol. The van der Waals surface area contributed by atoms with Crippen LogP contribution in [0.1, 0.15) is 38.5 Å². The van der Waals surface area contributed by atoms with Gasteiger partial charge in [-0.3, -0.25) is 0 Å². The lowest BCUT2D eigenvalue weighted by Gasteiger charge is -2.08. The number of fused-ring (bicyclic) bond motifs is 1. The van der Waals surface area contributed by atoms with Crippen molar-refractivity contribution in [2.75, 3.05) is 0 Å². The molecular formula is C10H18ClN. The molecule has 1 nitrogen and oxygen atoms in total. The highest BCUT2D eigenvalue weighted by Gasteiger charge is 2.54. The van der Waals surface area contributed by atoms with Gasteiger partial charge in [0.05, 0.1) is 0 Å². The third-order valence-corrected chi connectivity index (χ3v) is 4.23. The molecule has 0 bridgehead atoms. The van der Waals surface area contributed by atoms with E-state index in [1.54, 1.807) is 0 Å². The first-order chi connectivity index (χ1) is 5.27. The first-order valence-corrected chi connectivity index (χ1v) is 5.03. The molecular weight excluding hydrogens is 170 g/mol. The van der Waals surface area contributed by atoms with Gasteiger partial charge in [0.15, 0.2) is 0 Å². The Hall–Kier alpha value is 0.250. The van der Waals surface area contributed by atoms with Crippen LogP contribution in [0.15, 0.2) is 0 Å². The van der Waals surface area contributed by atoms with Gasteiger partial charge in [0.1, 0.15) is 0 Å². The predicted molar refractivity (Wildman–Crippen MR) is 52.3 cm³/mol. The van der Waals surface area contributed by atoms with Gasteiger partial charge in [-0.25, -0.2) is 0 Å². The summed E-state index contributed by atoms with van der Waals surface area (Å²) in [6.45, 7) is 0. The van der Waals surface area contributed by atoms with Gasteiger partial charge in [0.2, 0.25) is 0 Å². The van der Waals surface area contributed by atoms with Gasteiger partial charge >= 0.3 is 0 Å². The van der Waals surface area contributed by atoms with Crippen LogP contribution in [-0.4, -0.2) is 6.04 Å². The fraction of sp³-hybridized carbons (Fsp3) is 1.00. The molecule has 3 aliphatic rings. The van der Waals surface area contributed by atoms with Gasteiger partial charge in [0, 0.05) is 6.04 Å². The van der Waals surface area contributed by atoms with Crippen molar-refractivity contribution in [1.29, 1.82) is 0 Å². The number of halogens is 1. The zero-order valence-corrected chi connectivity index (χ0v) is 8.28. The zero-order valence-electron chi connectivity index (χ0n) is 7.46. The maximum Gasteiger partial charge on any atom is 0.00443 e. The molecule has 3 rings (SSSR count). The van der Waals surface area contributed by atoms with Crippen molar-refractivity contribution in [3.63, 3.8) is 0 Å². The van der Waals surface area contributed by atoms with Gasteiger partial charge in [-0.05, 0) is 55.8 Å². The summed E-state index contributed by atoms with van der Waals surface area (Å²) in [5.74, 6) is 2.07. The summed E-state index contributed by atoms with van der Waals surface area (Å²) in [4.78, 5) is 0. The van der Waals surface area contributed by atoms with E-state index in [1.807, 2.05) is 0 Å². The van der Waals surface area contributed by atoms with Gasteiger partial charge in [-0.15, -0.1) is 12.4 Å². The second-order valence-electron chi connectivity index (χ2n) is 5.16. The van der Waals surface area contributed by atoms with Gasteiger partial charge < -0.3 is 5.73 Å². The van der Waals surface area contributed by atoms with Crippen molar-refractivity contribution in [1.82, 2.24) is 0 Å². The van der Waals surface area contributed by atoms with Gasteiger partial charge in [-0.2, -0.15) is 0 Å². The second-order valence-corrected chi connectivity index (χ2v) is 5.16. The summed E-state index contributed by atoms with van der Waals surface area (Å²) < 4.78 is 0. The third kappa shape index (κ3) is 1.18. The lowest BCUT2D eigenvalue weighted by molar-refractivity contribution is 0.455. The van der Waals surface area contributed by atoms with Crippen molar-refractivity contribution in [3.8, 4) is 0 Å². The van der Waals surface area contributed by atoms with Crippen molar-refractivity contribution in [2.24, 2.45) is 23.0 Å². The number of rotatable bonds is 0. The SMILES string of the molecule is Cl.NC1C[C@@H]2CC3(CC3)C[C@@H]2C1. The molecule has 0 aromatic rings. The van der Waals surface area contributed by atoms with E-state index in [-0.39, 0.29) is 12.4 Å². The highest BCUT2D eigenvalue weighted by Crippen LogP contribution is 2.64. The normalized spacial score (nSPS) is 47.2. The number of hydrogen-bond donors (Lipinski definition) is 1. The molecule has 3 atom stereocenters. The Morgan fingerprint density at radius 2 is 1.50 bits per heavy atom. The first-order valence-electron chi connectivity index (χ1n) is 5.03. The topological polar surface area (TPSA) is 26.0 Å². The molecule has 1 unspecified atom stereocenters. The molecule has 2 N–H and O–H groups in total. The maximum absolute atomic E-state index is 5.93. The molecule has 12 heavy (non-hydrogen) atoms. The van der Waals surface area contributed by atoms with Crippen molar-refractivity contribution in [2.45, 2.75) is 44.6 Å². The average Bonchev–Trinajstić information content (AvgIpc) is 2.44. The lowest BCUT2D eigenvalue weighted by Crippen LogP contribution is -2.16. The molecule has 0 radical (unpaired) electrons. The van der Waals surface area contributed by atoms with Crippen LogP contribution < -0.4 is 5.73 Å². The Morgan fingerprint density at radius 3 is 1.92 bits per heavy atom. The molecule has 3 aliphatic carbocycles. The lowest BCUT2D eigenvalue weighted by atomic mass is 10.00. The molecule has 0 aromatic heterocycles. The molecule has 2 heteroatoms. The molecule has 0 heterocycles. The quantitative estimate of drug-likeness (QED) is 0.619. The van der Waals surface area contributed by atoms with Crippen LogP contribution in [-0.2, 0) is 0 Å². The zero-order chi connectivity index (χ0) is 7.47. The third-order valence-electron chi connectivity index (χ3n) is 4.23. The summed E-state index contributed by atoms with van der Waals surface area (Å²) in [6.07, 6.45) is 8.82. The monoisotopic (exact) mass is 187 g/mol. The fourth-order valence-corrected chi connectivity index (χ4v) is 3.54. The van der Waals surface area contributed by atoms with Crippen LogP contribution in [0.4, 0.5) is 0 Å². The molecule has 0 saturated heterocycles. The van der Waals surface area contributed by atoms with Crippen LogP contribution in [0.3, 0.4) is 0 Å². The Labute approximate surface area is 80.5 Å². The van der Waals surface area contributed by atoms with Crippen LogP contribution in [0.2, 0.25) is 0 Å². The van der Waals surface area contributed by atoms with Crippen LogP contribution in [0, 0.1) is 17.3 Å². The molecule has 0 amide bonds. The Morgan fingerprint density at radius 1 is 1.00 bits per heavy atom. The molecule has 3 fully saturated rings. The fourth-order valence-electron chi connectivity index (χ4n) is 3.54. The minimum atomic E-state index is 0. The standard InChI is InChI=1S/C10H17N.ClH/c11-9-3-7-5-10(1-2-10)6-8(7)4-9;/h7-9H,1-6,11H2;1H/t7-,8+,9?;. The van der Waals surface area contributed by atoms with E-state index >= 15 is 0 Å². The van der Waals surface area contributed by atoms with E-state index in [4.69, 9.17) is 5.73 Å².